The monoisotopic (exact) mass is 270 g/mol. The number of hydrogen-bond donors (Lipinski definition) is 0. The van der Waals surface area contributed by atoms with Crippen LogP contribution in [0.4, 0.5) is 0 Å². The molecule has 0 saturated carbocycles. The summed E-state index contributed by atoms with van der Waals surface area (Å²) in [6.07, 6.45) is -0.932. The average Bonchev–Trinajstić information content (AvgIpc) is 2.55. The second kappa shape index (κ2) is 4.98. The van der Waals surface area contributed by atoms with Crippen molar-refractivity contribution in [2.45, 2.75) is 32.5 Å². The van der Waals surface area contributed by atoms with Gasteiger partial charge in [-0.2, -0.15) is 0 Å². The lowest BCUT2D eigenvalue weighted by molar-refractivity contribution is -0.165. The second-order valence-corrected chi connectivity index (χ2v) is 4.91. The Balaban J connectivity index is 0.00000162. The molecule has 0 aromatic heterocycles. The van der Waals surface area contributed by atoms with Gasteiger partial charge in [0.25, 0.3) is 0 Å². The maximum atomic E-state index is 11.9. The van der Waals surface area contributed by atoms with Gasteiger partial charge >= 0.3 is 11.9 Å². The van der Waals surface area contributed by atoms with Gasteiger partial charge in [-0.25, -0.2) is 9.59 Å². The SMILES string of the molecule is CC(C)(C)OC(=O)C1OC(=O)c2ccccc21.Cl. The van der Waals surface area contributed by atoms with Crippen LogP contribution in [0.2, 0.25) is 0 Å². The molecular weight excluding hydrogens is 256 g/mol. The minimum absolute atomic E-state index is 0. The lowest BCUT2D eigenvalue weighted by atomic mass is 10.1. The van der Waals surface area contributed by atoms with E-state index in [9.17, 15) is 9.59 Å². The topological polar surface area (TPSA) is 52.6 Å². The molecule has 0 radical (unpaired) electrons. The Labute approximate surface area is 112 Å². The third kappa shape index (κ3) is 2.82. The summed E-state index contributed by atoms with van der Waals surface area (Å²) in [5, 5.41) is 0. The summed E-state index contributed by atoms with van der Waals surface area (Å²) in [5.74, 6) is -1.01. The van der Waals surface area contributed by atoms with Crippen molar-refractivity contribution in [3.63, 3.8) is 0 Å². The number of esters is 2. The fourth-order valence-electron chi connectivity index (χ4n) is 1.68. The van der Waals surface area contributed by atoms with E-state index < -0.39 is 23.6 Å². The Hall–Kier alpha value is -1.55. The molecule has 18 heavy (non-hydrogen) atoms. The van der Waals surface area contributed by atoms with Crippen molar-refractivity contribution < 1.29 is 19.1 Å². The van der Waals surface area contributed by atoms with E-state index in [2.05, 4.69) is 0 Å². The van der Waals surface area contributed by atoms with Crippen LogP contribution in [0, 0.1) is 0 Å². The Morgan fingerprint density at radius 2 is 1.89 bits per heavy atom. The highest BCUT2D eigenvalue weighted by Crippen LogP contribution is 2.32. The predicted octanol–water partition coefficient (Wildman–Crippen LogP) is 2.66. The number of ether oxygens (including phenoxy) is 2. The molecule has 0 N–H and O–H groups in total. The highest BCUT2D eigenvalue weighted by molar-refractivity contribution is 5.98. The fourth-order valence-corrected chi connectivity index (χ4v) is 1.68. The Morgan fingerprint density at radius 1 is 1.28 bits per heavy atom. The van der Waals surface area contributed by atoms with Crippen LogP contribution in [-0.4, -0.2) is 17.5 Å². The fraction of sp³-hybridized carbons (Fsp3) is 0.385. The van der Waals surface area contributed by atoms with Crippen molar-refractivity contribution in [3.8, 4) is 0 Å². The van der Waals surface area contributed by atoms with Crippen LogP contribution >= 0.6 is 12.4 Å². The van der Waals surface area contributed by atoms with Gasteiger partial charge < -0.3 is 9.47 Å². The van der Waals surface area contributed by atoms with Crippen LogP contribution in [0.1, 0.15) is 42.8 Å². The van der Waals surface area contributed by atoms with Gasteiger partial charge in [0.15, 0.2) is 0 Å². The lowest BCUT2D eigenvalue weighted by Gasteiger charge is -2.21. The highest BCUT2D eigenvalue weighted by Gasteiger charge is 2.38. The molecule has 0 saturated heterocycles. The van der Waals surface area contributed by atoms with Gasteiger partial charge in [0, 0.05) is 5.56 Å². The Morgan fingerprint density at radius 3 is 2.50 bits per heavy atom. The molecular formula is C13H15ClO4. The Bertz CT molecular complexity index is 476. The van der Waals surface area contributed by atoms with Gasteiger partial charge in [0.05, 0.1) is 5.56 Å². The molecule has 1 aliphatic heterocycles. The van der Waals surface area contributed by atoms with Crippen LogP contribution in [0.25, 0.3) is 0 Å². The lowest BCUT2D eigenvalue weighted by Crippen LogP contribution is -2.27. The van der Waals surface area contributed by atoms with Crippen molar-refractivity contribution >= 4 is 24.3 Å². The van der Waals surface area contributed by atoms with E-state index in [1.165, 1.54) is 0 Å². The molecule has 4 nitrogen and oxygen atoms in total. The molecule has 1 atom stereocenters. The summed E-state index contributed by atoms with van der Waals surface area (Å²) in [6.45, 7) is 5.31. The van der Waals surface area contributed by atoms with E-state index in [0.29, 0.717) is 11.1 Å². The second-order valence-electron chi connectivity index (χ2n) is 4.91. The summed E-state index contributed by atoms with van der Waals surface area (Å²) in [4.78, 5) is 23.4. The number of rotatable bonds is 1. The maximum Gasteiger partial charge on any atom is 0.352 e. The Kier molecular flexibility index (Phi) is 4.02. The molecule has 1 heterocycles. The number of benzene rings is 1. The van der Waals surface area contributed by atoms with Gasteiger partial charge in [0.2, 0.25) is 6.10 Å². The molecule has 2 rings (SSSR count). The van der Waals surface area contributed by atoms with E-state index in [1.807, 2.05) is 0 Å². The smallest absolute Gasteiger partial charge is 0.352 e. The van der Waals surface area contributed by atoms with Crippen molar-refractivity contribution in [2.24, 2.45) is 0 Å². The molecule has 1 aromatic carbocycles. The molecule has 0 amide bonds. The normalized spacial score (nSPS) is 17.5. The van der Waals surface area contributed by atoms with Crippen molar-refractivity contribution in [1.29, 1.82) is 0 Å². The molecule has 0 aliphatic carbocycles. The maximum absolute atomic E-state index is 11.9. The van der Waals surface area contributed by atoms with Crippen LogP contribution in [0.5, 0.6) is 0 Å². The molecule has 0 spiro atoms. The number of carbonyl (C=O) groups is 2. The van der Waals surface area contributed by atoms with Crippen molar-refractivity contribution in [3.05, 3.63) is 35.4 Å². The molecule has 5 heteroatoms. The van der Waals surface area contributed by atoms with Crippen LogP contribution in [-0.2, 0) is 14.3 Å². The van der Waals surface area contributed by atoms with Crippen LogP contribution in [0.3, 0.4) is 0 Å². The number of fused-ring (bicyclic) bond motifs is 1. The first-order chi connectivity index (χ1) is 7.88. The zero-order valence-electron chi connectivity index (χ0n) is 10.4. The van der Waals surface area contributed by atoms with Crippen molar-refractivity contribution in [1.82, 2.24) is 0 Å². The number of halogens is 1. The molecule has 1 aliphatic rings. The number of cyclic esters (lactones) is 1. The standard InChI is InChI=1S/C13H14O4.ClH/c1-13(2,3)17-12(15)10-8-6-4-5-7-9(8)11(14)16-10;/h4-7,10H,1-3H3;1H. The summed E-state index contributed by atoms with van der Waals surface area (Å²) < 4.78 is 10.2. The zero-order chi connectivity index (χ0) is 12.6. The van der Waals surface area contributed by atoms with E-state index in [4.69, 9.17) is 9.47 Å². The molecule has 1 unspecified atom stereocenters. The van der Waals surface area contributed by atoms with Gasteiger partial charge in [0.1, 0.15) is 5.60 Å². The summed E-state index contributed by atoms with van der Waals surface area (Å²) >= 11 is 0. The van der Waals surface area contributed by atoms with E-state index in [0.717, 1.165) is 0 Å². The summed E-state index contributed by atoms with van der Waals surface area (Å²) in [7, 11) is 0. The van der Waals surface area contributed by atoms with E-state index in [1.54, 1.807) is 45.0 Å². The largest absolute Gasteiger partial charge is 0.457 e. The van der Waals surface area contributed by atoms with Gasteiger partial charge in [-0.3, -0.25) is 0 Å². The number of hydrogen-bond acceptors (Lipinski definition) is 4. The van der Waals surface area contributed by atoms with E-state index in [-0.39, 0.29) is 12.4 Å². The summed E-state index contributed by atoms with van der Waals surface area (Å²) in [6, 6.07) is 6.84. The minimum atomic E-state index is -0.932. The van der Waals surface area contributed by atoms with Gasteiger partial charge in [-0.15, -0.1) is 12.4 Å². The minimum Gasteiger partial charge on any atom is -0.457 e. The molecule has 0 bridgehead atoms. The third-order valence-electron chi connectivity index (χ3n) is 2.31. The van der Waals surface area contributed by atoms with Crippen LogP contribution < -0.4 is 0 Å². The molecule has 98 valence electrons. The average molecular weight is 271 g/mol. The molecule has 0 fully saturated rings. The third-order valence-corrected chi connectivity index (χ3v) is 2.31. The first-order valence-corrected chi connectivity index (χ1v) is 5.41. The summed E-state index contributed by atoms with van der Waals surface area (Å²) in [5.41, 5.74) is 0.413. The van der Waals surface area contributed by atoms with Crippen LogP contribution in [0.15, 0.2) is 24.3 Å². The first kappa shape index (κ1) is 14.5. The van der Waals surface area contributed by atoms with E-state index >= 15 is 0 Å². The van der Waals surface area contributed by atoms with Crippen molar-refractivity contribution in [2.75, 3.05) is 0 Å². The number of carbonyl (C=O) groups excluding carboxylic acids is 2. The zero-order valence-corrected chi connectivity index (χ0v) is 11.2. The predicted molar refractivity (Wildman–Crippen MR) is 67.7 cm³/mol. The highest BCUT2D eigenvalue weighted by atomic mass is 35.5. The van der Waals surface area contributed by atoms with Gasteiger partial charge in [-0.1, -0.05) is 18.2 Å². The molecule has 1 aromatic rings. The first-order valence-electron chi connectivity index (χ1n) is 5.41. The quantitative estimate of drug-likeness (QED) is 0.736. The van der Waals surface area contributed by atoms with Gasteiger partial charge in [-0.05, 0) is 26.8 Å².